The molecule has 20 heavy (non-hydrogen) atoms. The smallest absolute Gasteiger partial charge is 0.0702 e. The molecule has 108 valence electrons. The molecule has 0 aliphatic rings. The molecule has 3 nitrogen and oxygen atoms in total. The van der Waals surface area contributed by atoms with Crippen LogP contribution in [0, 0.1) is 5.41 Å². The van der Waals surface area contributed by atoms with Crippen LogP contribution in [0.1, 0.15) is 32.8 Å². The Morgan fingerprint density at radius 3 is 2.75 bits per heavy atom. The topological polar surface area (TPSA) is 45.1 Å². The van der Waals surface area contributed by atoms with Gasteiger partial charge in [-0.05, 0) is 35.6 Å². The number of aliphatic hydroxyl groups is 1. The van der Waals surface area contributed by atoms with E-state index in [0.29, 0.717) is 6.04 Å². The summed E-state index contributed by atoms with van der Waals surface area (Å²) in [5, 5.41) is 13.9. The SMILES string of the molecule is CC(C)(C)C(CCO)NCc1ccc2ncccc2c1. The van der Waals surface area contributed by atoms with Crippen LogP contribution in [0.3, 0.4) is 0 Å². The molecule has 2 N–H and O–H groups in total. The summed E-state index contributed by atoms with van der Waals surface area (Å²) in [6.07, 6.45) is 2.59. The van der Waals surface area contributed by atoms with Crippen molar-refractivity contribution in [3.05, 3.63) is 42.1 Å². The molecule has 1 aromatic carbocycles. The van der Waals surface area contributed by atoms with Crippen molar-refractivity contribution in [3.63, 3.8) is 0 Å². The van der Waals surface area contributed by atoms with Crippen molar-refractivity contribution < 1.29 is 5.11 Å². The standard InChI is InChI=1S/C17H24N2O/c1-17(2,3)16(8-10-20)19-12-13-6-7-15-14(11-13)5-4-9-18-15/h4-7,9,11,16,19-20H,8,10,12H2,1-3H3. The summed E-state index contributed by atoms with van der Waals surface area (Å²) in [5.74, 6) is 0. The Labute approximate surface area is 121 Å². The summed E-state index contributed by atoms with van der Waals surface area (Å²) in [6.45, 7) is 7.63. The molecule has 3 heteroatoms. The number of benzene rings is 1. The highest BCUT2D eigenvalue weighted by Crippen LogP contribution is 2.22. The van der Waals surface area contributed by atoms with E-state index in [1.807, 2.05) is 12.3 Å². The zero-order valence-electron chi connectivity index (χ0n) is 12.6. The molecule has 0 amide bonds. The average Bonchev–Trinajstić information content (AvgIpc) is 2.42. The van der Waals surface area contributed by atoms with Gasteiger partial charge in [0.15, 0.2) is 0 Å². The number of fused-ring (bicyclic) bond motifs is 1. The lowest BCUT2D eigenvalue weighted by molar-refractivity contribution is 0.196. The van der Waals surface area contributed by atoms with Gasteiger partial charge in [0.2, 0.25) is 0 Å². The average molecular weight is 272 g/mol. The van der Waals surface area contributed by atoms with Gasteiger partial charge in [-0.25, -0.2) is 0 Å². The Morgan fingerprint density at radius 2 is 2.05 bits per heavy atom. The number of pyridine rings is 1. The number of aliphatic hydroxyl groups excluding tert-OH is 1. The molecule has 0 saturated carbocycles. The van der Waals surface area contributed by atoms with E-state index in [1.165, 1.54) is 10.9 Å². The van der Waals surface area contributed by atoms with Gasteiger partial charge < -0.3 is 10.4 Å². The summed E-state index contributed by atoms with van der Waals surface area (Å²) >= 11 is 0. The third-order valence-corrected chi connectivity index (χ3v) is 3.68. The highest BCUT2D eigenvalue weighted by molar-refractivity contribution is 5.78. The van der Waals surface area contributed by atoms with Crippen LogP contribution >= 0.6 is 0 Å². The van der Waals surface area contributed by atoms with Crippen LogP contribution in [0.25, 0.3) is 10.9 Å². The summed E-state index contributed by atoms with van der Waals surface area (Å²) < 4.78 is 0. The van der Waals surface area contributed by atoms with Gasteiger partial charge in [-0.1, -0.05) is 32.9 Å². The normalized spacial score (nSPS) is 13.6. The Bertz CT molecular complexity index is 560. The van der Waals surface area contributed by atoms with Crippen molar-refractivity contribution in [1.29, 1.82) is 0 Å². The molecule has 2 aromatic rings. The maximum atomic E-state index is 9.19. The lowest BCUT2D eigenvalue weighted by atomic mass is 9.85. The fraction of sp³-hybridized carbons (Fsp3) is 0.471. The molecular formula is C17H24N2O. The second-order valence-corrected chi connectivity index (χ2v) is 6.34. The van der Waals surface area contributed by atoms with Crippen molar-refractivity contribution in [3.8, 4) is 0 Å². The van der Waals surface area contributed by atoms with E-state index in [2.05, 4.69) is 55.3 Å². The minimum absolute atomic E-state index is 0.140. The lowest BCUT2D eigenvalue weighted by Crippen LogP contribution is -2.40. The Morgan fingerprint density at radius 1 is 1.25 bits per heavy atom. The van der Waals surface area contributed by atoms with Crippen LogP contribution in [0.15, 0.2) is 36.5 Å². The van der Waals surface area contributed by atoms with Gasteiger partial charge in [-0.3, -0.25) is 4.98 Å². The fourth-order valence-electron chi connectivity index (χ4n) is 2.45. The highest BCUT2D eigenvalue weighted by atomic mass is 16.3. The maximum absolute atomic E-state index is 9.19. The monoisotopic (exact) mass is 272 g/mol. The molecule has 1 aromatic heterocycles. The van der Waals surface area contributed by atoms with Crippen LogP contribution in [0.4, 0.5) is 0 Å². The lowest BCUT2D eigenvalue weighted by Gasteiger charge is -2.31. The quantitative estimate of drug-likeness (QED) is 0.879. The van der Waals surface area contributed by atoms with Crippen molar-refractivity contribution in [2.75, 3.05) is 6.61 Å². The number of hydrogen-bond donors (Lipinski definition) is 2. The van der Waals surface area contributed by atoms with Gasteiger partial charge in [0.05, 0.1) is 5.52 Å². The predicted octanol–water partition coefficient (Wildman–Crippen LogP) is 3.12. The van der Waals surface area contributed by atoms with Gasteiger partial charge in [0.25, 0.3) is 0 Å². The van der Waals surface area contributed by atoms with Gasteiger partial charge >= 0.3 is 0 Å². The van der Waals surface area contributed by atoms with E-state index >= 15 is 0 Å². The molecule has 1 atom stereocenters. The first-order chi connectivity index (χ1) is 9.50. The van der Waals surface area contributed by atoms with E-state index in [9.17, 15) is 5.11 Å². The molecule has 1 heterocycles. The van der Waals surface area contributed by atoms with Gasteiger partial charge in [0.1, 0.15) is 0 Å². The van der Waals surface area contributed by atoms with Crippen molar-refractivity contribution in [2.24, 2.45) is 5.41 Å². The largest absolute Gasteiger partial charge is 0.396 e. The predicted molar refractivity (Wildman–Crippen MR) is 83.5 cm³/mol. The minimum Gasteiger partial charge on any atom is -0.396 e. The van der Waals surface area contributed by atoms with Crippen LogP contribution in [0.2, 0.25) is 0 Å². The van der Waals surface area contributed by atoms with Crippen LogP contribution in [0.5, 0.6) is 0 Å². The maximum Gasteiger partial charge on any atom is 0.0702 e. The second-order valence-electron chi connectivity index (χ2n) is 6.34. The summed E-state index contributed by atoms with van der Waals surface area (Å²) in [5.41, 5.74) is 2.41. The van der Waals surface area contributed by atoms with Crippen molar-refractivity contribution in [1.82, 2.24) is 10.3 Å². The Hall–Kier alpha value is -1.45. The minimum atomic E-state index is 0.140. The van der Waals surface area contributed by atoms with Gasteiger partial charge in [-0.15, -0.1) is 0 Å². The molecule has 0 saturated heterocycles. The van der Waals surface area contributed by atoms with Crippen LogP contribution < -0.4 is 5.32 Å². The molecule has 0 fully saturated rings. The number of nitrogens with zero attached hydrogens (tertiary/aromatic N) is 1. The summed E-state index contributed by atoms with van der Waals surface area (Å²) in [7, 11) is 0. The van der Waals surface area contributed by atoms with E-state index in [4.69, 9.17) is 0 Å². The fourth-order valence-corrected chi connectivity index (χ4v) is 2.45. The molecule has 0 spiro atoms. The van der Waals surface area contributed by atoms with Crippen molar-refractivity contribution >= 4 is 10.9 Å². The first-order valence-electron chi connectivity index (χ1n) is 7.18. The number of hydrogen-bond acceptors (Lipinski definition) is 3. The molecular weight excluding hydrogens is 248 g/mol. The second kappa shape index (κ2) is 6.33. The Kier molecular flexibility index (Phi) is 4.73. The molecule has 1 unspecified atom stereocenters. The third-order valence-electron chi connectivity index (χ3n) is 3.68. The summed E-state index contributed by atoms with van der Waals surface area (Å²) in [4.78, 5) is 4.33. The highest BCUT2D eigenvalue weighted by Gasteiger charge is 2.23. The van der Waals surface area contributed by atoms with E-state index in [0.717, 1.165) is 18.5 Å². The molecule has 0 aliphatic carbocycles. The first-order valence-corrected chi connectivity index (χ1v) is 7.18. The third kappa shape index (κ3) is 3.78. The van der Waals surface area contributed by atoms with Crippen LogP contribution in [-0.2, 0) is 6.54 Å². The number of rotatable bonds is 5. The molecule has 0 radical (unpaired) electrons. The van der Waals surface area contributed by atoms with Crippen LogP contribution in [-0.4, -0.2) is 22.7 Å². The number of aromatic nitrogens is 1. The number of nitrogens with one attached hydrogen (secondary N) is 1. The van der Waals surface area contributed by atoms with E-state index in [1.54, 1.807) is 0 Å². The van der Waals surface area contributed by atoms with E-state index < -0.39 is 0 Å². The Balaban J connectivity index is 2.07. The first kappa shape index (κ1) is 14.9. The van der Waals surface area contributed by atoms with Gasteiger partial charge in [-0.2, -0.15) is 0 Å². The zero-order chi connectivity index (χ0) is 14.6. The zero-order valence-corrected chi connectivity index (χ0v) is 12.6. The molecule has 0 bridgehead atoms. The molecule has 0 aliphatic heterocycles. The van der Waals surface area contributed by atoms with Crippen molar-refractivity contribution in [2.45, 2.75) is 39.8 Å². The molecule has 2 rings (SSSR count). The van der Waals surface area contributed by atoms with E-state index in [-0.39, 0.29) is 12.0 Å². The summed E-state index contributed by atoms with van der Waals surface area (Å²) in [6, 6.07) is 10.7. The van der Waals surface area contributed by atoms with Gasteiger partial charge in [0, 0.05) is 30.8 Å².